The van der Waals surface area contributed by atoms with Crippen molar-refractivity contribution in [3.63, 3.8) is 0 Å². The SMILES string of the molecule is O=Cc1c(CCl)sc2c(S)cccc12. The molecule has 0 saturated heterocycles. The van der Waals surface area contributed by atoms with Gasteiger partial charge in [-0.25, -0.2) is 0 Å². The maximum Gasteiger partial charge on any atom is 0.151 e. The topological polar surface area (TPSA) is 17.1 Å². The number of thiophene rings is 1. The van der Waals surface area contributed by atoms with Crippen molar-refractivity contribution < 1.29 is 4.79 Å². The summed E-state index contributed by atoms with van der Waals surface area (Å²) in [5, 5.41) is 0.952. The minimum Gasteiger partial charge on any atom is -0.298 e. The number of carbonyl (C=O) groups excluding carboxylic acids is 1. The van der Waals surface area contributed by atoms with Gasteiger partial charge in [0, 0.05) is 25.4 Å². The van der Waals surface area contributed by atoms with Crippen molar-refractivity contribution in [3.05, 3.63) is 28.6 Å². The molecule has 0 unspecified atom stereocenters. The van der Waals surface area contributed by atoms with Crippen LogP contribution in [0.2, 0.25) is 0 Å². The largest absolute Gasteiger partial charge is 0.298 e. The van der Waals surface area contributed by atoms with Crippen LogP contribution in [0, 0.1) is 0 Å². The van der Waals surface area contributed by atoms with E-state index >= 15 is 0 Å². The maximum atomic E-state index is 10.9. The van der Waals surface area contributed by atoms with Gasteiger partial charge >= 0.3 is 0 Å². The Labute approximate surface area is 96.1 Å². The molecular formula is C10H7ClOS2. The highest BCUT2D eigenvalue weighted by molar-refractivity contribution is 7.80. The van der Waals surface area contributed by atoms with Crippen LogP contribution < -0.4 is 0 Å². The smallest absolute Gasteiger partial charge is 0.151 e. The lowest BCUT2D eigenvalue weighted by molar-refractivity contribution is 0.112. The summed E-state index contributed by atoms with van der Waals surface area (Å²) in [4.78, 5) is 12.7. The molecule has 1 heterocycles. The Morgan fingerprint density at radius 2 is 2.29 bits per heavy atom. The first-order valence-electron chi connectivity index (χ1n) is 4.02. The second kappa shape index (κ2) is 3.93. The van der Waals surface area contributed by atoms with E-state index in [0.29, 0.717) is 11.4 Å². The predicted octanol–water partition coefficient (Wildman–Crippen LogP) is 3.74. The summed E-state index contributed by atoms with van der Waals surface area (Å²) in [6.07, 6.45) is 0.865. The molecule has 0 radical (unpaired) electrons. The molecule has 0 N–H and O–H groups in total. The van der Waals surface area contributed by atoms with E-state index in [4.69, 9.17) is 11.6 Å². The lowest BCUT2D eigenvalue weighted by atomic mass is 10.1. The third-order valence-corrected chi connectivity index (χ3v) is 4.25. The molecule has 0 aliphatic carbocycles. The van der Waals surface area contributed by atoms with Gasteiger partial charge in [0.25, 0.3) is 0 Å². The van der Waals surface area contributed by atoms with Gasteiger partial charge in [0.2, 0.25) is 0 Å². The Morgan fingerprint density at radius 3 is 2.93 bits per heavy atom. The molecule has 1 aromatic heterocycles. The summed E-state index contributed by atoms with van der Waals surface area (Å²) in [7, 11) is 0. The number of halogens is 1. The van der Waals surface area contributed by atoms with Crippen LogP contribution in [0.3, 0.4) is 0 Å². The molecule has 14 heavy (non-hydrogen) atoms. The van der Waals surface area contributed by atoms with Gasteiger partial charge in [-0.3, -0.25) is 4.79 Å². The molecule has 72 valence electrons. The van der Waals surface area contributed by atoms with E-state index in [1.54, 1.807) is 0 Å². The van der Waals surface area contributed by atoms with Crippen molar-refractivity contribution >= 4 is 51.9 Å². The second-order valence-electron chi connectivity index (χ2n) is 2.84. The summed E-state index contributed by atoms with van der Waals surface area (Å²) in [6.45, 7) is 0. The van der Waals surface area contributed by atoms with Gasteiger partial charge in [-0.15, -0.1) is 35.6 Å². The molecule has 2 aromatic rings. The van der Waals surface area contributed by atoms with Gasteiger partial charge in [0.15, 0.2) is 6.29 Å². The first kappa shape index (κ1) is 10.0. The van der Waals surface area contributed by atoms with Crippen molar-refractivity contribution in [1.29, 1.82) is 0 Å². The lowest BCUT2D eigenvalue weighted by Crippen LogP contribution is -1.81. The summed E-state index contributed by atoms with van der Waals surface area (Å²) in [5.74, 6) is 0.376. The number of rotatable bonds is 2. The fraction of sp³-hybridized carbons (Fsp3) is 0.100. The van der Waals surface area contributed by atoms with Gasteiger partial charge in [0.1, 0.15) is 0 Å². The van der Waals surface area contributed by atoms with Crippen LogP contribution in [0.4, 0.5) is 0 Å². The molecular weight excluding hydrogens is 236 g/mol. The molecule has 0 aliphatic rings. The number of carbonyl (C=O) groups is 1. The zero-order valence-corrected chi connectivity index (χ0v) is 9.63. The van der Waals surface area contributed by atoms with E-state index in [1.807, 2.05) is 18.2 Å². The molecule has 0 bridgehead atoms. The summed E-state index contributed by atoms with van der Waals surface area (Å²) in [5.41, 5.74) is 0.705. The first-order chi connectivity index (χ1) is 6.77. The Kier molecular flexibility index (Phi) is 2.81. The molecule has 1 aromatic carbocycles. The van der Waals surface area contributed by atoms with Crippen LogP contribution >= 0.6 is 35.6 Å². The average Bonchev–Trinajstić information content (AvgIpc) is 2.57. The quantitative estimate of drug-likeness (QED) is 0.482. The summed E-state index contributed by atoms with van der Waals surface area (Å²) < 4.78 is 1.04. The van der Waals surface area contributed by atoms with Crippen LogP contribution in [-0.4, -0.2) is 6.29 Å². The van der Waals surface area contributed by atoms with Gasteiger partial charge in [-0.2, -0.15) is 0 Å². The van der Waals surface area contributed by atoms with Gasteiger partial charge in [-0.05, 0) is 6.07 Å². The number of aldehydes is 1. The third kappa shape index (κ3) is 1.45. The van der Waals surface area contributed by atoms with Crippen molar-refractivity contribution in [2.45, 2.75) is 10.8 Å². The molecule has 2 rings (SSSR count). The van der Waals surface area contributed by atoms with Crippen LogP contribution in [0.15, 0.2) is 23.1 Å². The molecule has 0 saturated carbocycles. The zero-order valence-electron chi connectivity index (χ0n) is 7.16. The van der Waals surface area contributed by atoms with E-state index < -0.39 is 0 Å². The van der Waals surface area contributed by atoms with E-state index in [2.05, 4.69) is 12.6 Å². The highest BCUT2D eigenvalue weighted by atomic mass is 35.5. The molecule has 0 aliphatic heterocycles. The highest BCUT2D eigenvalue weighted by Crippen LogP contribution is 2.34. The third-order valence-electron chi connectivity index (χ3n) is 2.05. The van der Waals surface area contributed by atoms with Crippen LogP contribution in [0.1, 0.15) is 15.2 Å². The van der Waals surface area contributed by atoms with Gasteiger partial charge in [-0.1, -0.05) is 12.1 Å². The summed E-state index contributed by atoms with van der Waals surface area (Å²) >= 11 is 11.6. The van der Waals surface area contributed by atoms with Crippen LogP contribution in [0.5, 0.6) is 0 Å². The van der Waals surface area contributed by atoms with E-state index in [-0.39, 0.29) is 0 Å². The number of hydrogen-bond acceptors (Lipinski definition) is 3. The number of fused-ring (bicyclic) bond motifs is 1. The molecule has 0 spiro atoms. The van der Waals surface area contributed by atoms with Gasteiger partial charge < -0.3 is 0 Å². The number of alkyl halides is 1. The Balaban J connectivity index is 2.86. The predicted molar refractivity (Wildman–Crippen MR) is 64.0 cm³/mol. The van der Waals surface area contributed by atoms with Crippen molar-refractivity contribution in [3.8, 4) is 0 Å². The molecule has 1 nitrogen and oxygen atoms in total. The van der Waals surface area contributed by atoms with E-state index in [9.17, 15) is 4.79 Å². The fourth-order valence-corrected chi connectivity index (χ4v) is 3.08. The van der Waals surface area contributed by atoms with Crippen molar-refractivity contribution in [2.24, 2.45) is 0 Å². The average molecular weight is 243 g/mol. The number of hydrogen-bond donors (Lipinski definition) is 1. The van der Waals surface area contributed by atoms with E-state index in [1.165, 1.54) is 11.3 Å². The minimum absolute atomic E-state index is 0.376. The highest BCUT2D eigenvalue weighted by Gasteiger charge is 2.11. The Bertz CT molecular complexity index is 490. The normalized spacial score (nSPS) is 10.7. The zero-order chi connectivity index (χ0) is 10.1. The fourth-order valence-electron chi connectivity index (χ4n) is 1.40. The number of thiol groups is 1. The Hall–Kier alpha value is -0.510. The van der Waals surface area contributed by atoms with Crippen molar-refractivity contribution in [2.75, 3.05) is 0 Å². The van der Waals surface area contributed by atoms with Crippen molar-refractivity contribution in [1.82, 2.24) is 0 Å². The van der Waals surface area contributed by atoms with Gasteiger partial charge in [0.05, 0.1) is 5.88 Å². The summed E-state index contributed by atoms with van der Waals surface area (Å²) in [6, 6.07) is 5.72. The van der Waals surface area contributed by atoms with Crippen LogP contribution in [-0.2, 0) is 5.88 Å². The Morgan fingerprint density at radius 1 is 1.50 bits per heavy atom. The van der Waals surface area contributed by atoms with E-state index in [0.717, 1.165) is 26.1 Å². The monoisotopic (exact) mass is 242 g/mol. The lowest BCUT2D eigenvalue weighted by Gasteiger charge is -1.93. The minimum atomic E-state index is 0.376. The first-order valence-corrected chi connectivity index (χ1v) is 5.82. The standard InChI is InChI=1S/C10H7ClOS2/c11-4-9-7(5-12)6-2-1-3-8(13)10(6)14-9/h1-3,5,13H,4H2. The maximum absolute atomic E-state index is 10.9. The van der Waals surface area contributed by atoms with Crippen LogP contribution in [0.25, 0.3) is 10.1 Å². The molecule has 0 amide bonds. The molecule has 4 heteroatoms. The second-order valence-corrected chi connectivity index (χ2v) is 4.70. The number of benzene rings is 1. The molecule has 0 atom stereocenters. The molecule has 0 fully saturated rings.